The Labute approximate surface area is 114 Å². The van der Waals surface area contributed by atoms with Crippen LogP contribution in [-0.4, -0.2) is 29.5 Å². The van der Waals surface area contributed by atoms with Crippen LogP contribution >= 0.6 is 0 Å². The van der Waals surface area contributed by atoms with Crippen molar-refractivity contribution >= 4 is 10.9 Å². The van der Waals surface area contributed by atoms with Crippen LogP contribution in [0.4, 0.5) is 0 Å². The summed E-state index contributed by atoms with van der Waals surface area (Å²) < 4.78 is 0. The molecule has 0 atom stereocenters. The highest BCUT2D eigenvalue weighted by atomic mass is 15.1. The van der Waals surface area contributed by atoms with Crippen LogP contribution in [0.25, 0.3) is 10.9 Å². The van der Waals surface area contributed by atoms with Gasteiger partial charge in [-0.15, -0.1) is 0 Å². The lowest BCUT2D eigenvalue weighted by Crippen LogP contribution is -2.41. The van der Waals surface area contributed by atoms with E-state index in [0.29, 0.717) is 6.04 Å². The molecule has 0 saturated heterocycles. The van der Waals surface area contributed by atoms with Crippen LogP contribution in [-0.2, 0) is 6.54 Å². The van der Waals surface area contributed by atoms with Crippen molar-refractivity contribution in [2.45, 2.75) is 25.4 Å². The van der Waals surface area contributed by atoms with Crippen LogP contribution in [0.2, 0.25) is 0 Å². The third kappa shape index (κ3) is 2.94. The van der Waals surface area contributed by atoms with Gasteiger partial charge in [0.1, 0.15) is 0 Å². The first kappa shape index (κ1) is 12.6. The molecule has 100 valence electrons. The van der Waals surface area contributed by atoms with E-state index in [2.05, 4.69) is 41.2 Å². The third-order valence-corrected chi connectivity index (χ3v) is 3.96. The minimum Gasteiger partial charge on any atom is -0.328 e. The zero-order valence-electron chi connectivity index (χ0n) is 11.4. The van der Waals surface area contributed by atoms with Gasteiger partial charge in [0.05, 0.1) is 5.52 Å². The van der Waals surface area contributed by atoms with E-state index < -0.39 is 0 Å². The molecule has 3 rings (SSSR count). The monoisotopic (exact) mass is 255 g/mol. The smallest absolute Gasteiger partial charge is 0.0702 e. The van der Waals surface area contributed by atoms with Gasteiger partial charge in [0.2, 0.25) is 0 Å². The van der Waals surface area contributed by atoms with Gasteiger partial charge in [0.15, 0.2) is 0 Å². The van der Waals surface area contributed by atoms with E-state index in [1.807, 2.05) is 12.3 Å². The summed E-state index contributed by atoms with van der Waals surface area (Å²) in [5.74, 6) is 0.794. The van der Waals surface area contributed by atoms with E-state index in [-0.39, 0.29) is 0 Å². The molecule has 1 fully saturated rings. The molecule has 1 heterocycles. The van der Waals surface area contributed by atoms with Crippen LogP contribution in [0, 0.1) is 5.92 Å². The summed E-state index contributed by atoms with van der Waals surface area (Å²) in [6.07, 6.45) is 4.21. The van der Waals surface area contributed by atoms with Gasteiger partial charge in [-0.05, 0) is 49.6 Å². The van der Waals surface area contributed by atoms with Crippen LogP contribution in [0.15, 0.2) is 36.5 Å². The minimum atomic E-state index is 0.449. The Morgan fingerprint density at radius 3 is 2.95 bits per heavy atom. The number of aromatic nitrogens is 1. The number of hydrogen-bond donors (Lipinski definition) is 1. The van der Waals surface area contributed by atoms with Crippen LogP contribution in [0.3, 0.4) is 0 Å². The van der Waals surface area contributed by atoms with Crippen molar-refractivity contribution in [3.05, 3.63) is 42.1 Å². The molecule has 0 bridgehead atoms. The highest BCUT2D eigenvalue weighted by molar-refractivity contribution is 5.78. The van der Waals surface area contributed by atoms with Gasteiger partial charge in [-0.1, -0.05) is 12.1 Å². The molecule has 0 unspecified atom stereocenters. The lowest BCUT2D eigenvalue weighted by molar-refractivity contribution is 0.178. The number of benzene rings is 1. The number of hydrogen-bond acceptors (Lipinski definition) is 3. The SMILES string of the molecule is CN(Cc1ccc2ncccc2c1)CC1CC(N)C1. The average Bonchev–Trinajstić information content (AvgIpc) is 2.37. The summed E-state index contributed by atoms with van der Waals surface area (Å²) in [4.78, 5) is 6.75. The normalized spacial score (nSPS) is 22.7. The van der Waals surface area contributed by atoms with E-state index in [1.165, 1.54) is 23.8 Å². The van der Waals surface area contributed by atoms with Crippen LogP contribution < -0.4 is 5.73 Å². The van der Waals surface area contributed by atoms with E-state index in [0.717, 1.165) is 24.5 Å². The maximum atomic E-state index is 5.83. The second-order valence-corrected chi connectivity index (χ2v) is 5.82. The Balaban J connectivity index is 1.64. The van der Waals surface area contributed by atoms with Gasteiger partial charge in [-0.2, -0.15) is 0 Å². The van der Waals surface area contributed by atoms with Gasteiger partial charge in [-0.25, -0.2) is 0 Å². The van der Waals surface area contributed by atoms with Crippen molar-refractivity contribution in [1.29, 1.82) is 0 Å². The van der Waals surface area contributed by atoms with Crippen molar-refractivity contribution in [1.82, 2.24) is 9.88 Å². The van der Waals surface area contributed by atoms with Crippen molar-refractivity contribution < 1.29 is 0 Å². The summed E-state index contributed by atoms with van der Waals surface area (Å²) in [6, 6.07) is 11.1. The van der Waals surface area contributed by atoms with Gasteiger partial charge in [0, 0.05) is 30.7 Å². The van der Waals surface area contributed by atoms with Crippen molar-refractivity contribution in [3.8, 4) is 0 Å². The van der Waals surface area contributed by atoms with Crippen LogP contribution in [0.1, 0.15) is 18.4 Å². The first-order valence-electron chi connectivity index (χ1n) is 6.98. The quantitative estimate of drug-likeness (QED) is 0.912. The predicted octanol–water partition coefficient (Wildman–Crippen LogP) is 2.40. The number of nitrogens with two attached hydrogens (primary N) is 1. The molecule has 19 heavy (non-hydrogen) atoms. The fourth-order valence-electron chi connectivity index (χ4n) is 2.98. The molecule has 3 heteroatoms. The largest absolute Gasteiger partial charge is 0.328 e. The van der Waals surface area contributed by atoms with E-state index in [1.54, 1.807) is 0 Å². The van der Waals surface area contributed by atoms with Crippen LogP contribution in [0.5, 0.6) is 0 Å². The maximum Gasteiger partial charge on any atom is 0.0702 e. The standard InChI is InChI=1S/C16H21N3/c1-19(11-13-8-15(17)9-13)10-12-4-5-16-14(7-12)3-2-6-18-16/h2-7,13,15H,8-11,17H2,1H3. The molecule has 1 aromatic heterocycles. The molecule has 0 radical (unpaired) electrons. The molecule has 2 N–H and O–H groups in total. The van der Waals surface area contributed by atoms with Gasteiger partial charge in [-0.3, -0.25) is 4.98 Å². The van der Waals surface area contributed by atoms with Gasteiger partial charge >= 0.3 is 0 Å². The number of rotatable bonds is 4. The third-order valence-electron chi connectivity index (χ3n) is 3.96. The summed E-state index contributed by atoms with van der Waals surface area (Å²) in [6.45, 7) is 2.15. The fourth-order valence-corrected chi connectivity index (χ4v) is 2.98. The fraction of sp³-hybridized carbons (Fsp3) is 0.438. The molecule has 0 amide bonds. The topological polar surface area (TPSA) is 42.2 Å². The molecular formula is C16H21N3. The van der Waals surface area contributed by atoms with Gasteiger partial charge in [0.25, 0.3) is 0 Å². The van der Waals surface area contributed by atoms with Crippen molar-refractivity contribution in [2.24, 2.45) is 11.7 Å². The molecule has 1 saturated carbocycles. The summed E-state index contributed by atoms with van der Waals surface area (Å²) in [5, 5.41) is 1.22. The second kappa shape index (κ2) is 5.27. The summed E-state index contributed by atoms with van der Waals surface area (Å²) in [7, 11) is 2.19. The Kier molecular flexibility index (Phi) is 3.49. The molecule has 0 spiro atoms. The van der Waals surface area contributed by atoms with Crippen molar-refractivity contribution in [2.75, 3.05) is 13.6 Å². The molecule has 2 aromatic rings. The zero-order valence-corrected chi connectivity index (χ0v) is 11.4. The average molecular weight is 255 g/mol. The molecule has 1 aliphatic carbocycles. The summed E-state index contributed by atoms with van der Waals surface area (Å²) >= 11 is 0. The highest BCUT2D eigenvalue weighted by Crippen LogP contribution is 2.26. The van der Waals surface area contributed by atoms with E-state index in [4.69, 9.17) is 5.73 Å². The Morgan fingerprint density at radius 1 is 1.32 bits per heavy atom. The van der Waals surface area contributed by atoms with E-state index >= 15 is 0 Å². The Bertz CT molecular complexity index is 561. The molecule has 1 aliphatic rings. The Hall–Kier alpha value is -1.45. The molecule has 1 aromatic carbocycles. The zero-order chi connectivity index (χ0) is 13.2. The lowest BCUT2D eigenvalue weighted by Gasteiger charge is -2.35. The number of nitrogens with zero attached hydrogens (tertiary/aromatic N) is 2. The van der Waals surface area contributed by atoms with Gasteiger partial charge < -0.3 is 10.6 Å². The maximum absolute atomic E-state index is 5.83. The molecular weight excluding hydrogens is 234 g/mol. The second-order valence-electron chi connectivity index (χ2n) is 5.82. The Morgan fingerprint density at radius 2 is 2.16 bits per heavy atom. The lowest BCUT2D eigenvalue weighted by atomic mass is 9.80. The number of fused-ring (bicyclic) bond motifs is 1. The first-order valence-corrected chi connectivity index (χ1v) is 6.98. The minimum absolute atomic E-state index is 0.449. The number of pyridine rings is 1. The first-order chi connectivity index (χ1) is 9.20. The van der Waals surface area contributed by atoms with Crippen molar-refractivity contribution in [3.63, 3.8) is 0 Å². The predicted molar refractivity (Wildman–Crippen MR) is 78.8 cm³/mol. The van der Waals surface area contributed by atoms with E-state index in [9.17, 15) is 0 Å². The molecule has 3 nitrogen and oxygen atoms in total. The molecule has 0 aliphatic heterocycles. The summed E-state index contributed by atoms with van der Waals surface area (Å²) in [5.41, 5.74) is 8.26. The highest BCUT2D eigenvalue weighted by Gasteiger charge is 2.26.